The predicted molar refractivity (Wildman–Crippen MR) is 115 cm³/mol. The second-order valence-electron chi connectivity index (χ2n) is 6.77. The van der Waals surface area contributed by atoms with E-state index in [9.17, 15) is 9.59 Å². The highest BCUT2D eigenvalue weighted by atomic mass is 16.2. The van der Waals surface area contributed by atoms with Crippen molar-refractivity contribution in [1.82, 2.24) is 29.3 Å². The summed E-state index contributed by atoms with van der Waals surface area (Å²) in [4.78, 5) is 33.9. The van der Waals surface area contributed by atoms with E-state index < -0.39 is 5.91 Å². The van der Waals surface area contributed by atoms with Crippen LogP contribution in [0.5, 0.6) is 0 Å². The Morgan fingerprint density at radius 1 is 1.07 bits per heavy atom. The van der Waals surface area contributed by atoms with Crippen LogP contribution < -0.4 is 10.2 Å². The van der Waals surface area contributed by atoms with Crippen LogP contribution in [0, 0.1) is 0 Å². The first-order chi connectivity index (χ1) is 14.4. The second-order valence-corrected chi connectivity index (χ2v) is 6.77. The average Bonchev–Trinajstić information content (AvgIpc) is 3.32. The zero-order valence-electron chi connectivity index (χ0n) is 18.1. The lowest BCUT2D eigenvalue weighted by molar-refractivity contribution is 0.0767. The molecule has 0 bridgehead atoms. The Balaban J connectivity index is 1.87. The van der Waals surface area contributed by atoms with Crippen molar-refractivity contribution in [1.29, 1.82) is 0 Å². The second kappa shape index (κ2) is 8.93. The van der Waals surface area contributed by atoms with Crippen LogP contribution in [0.15, 0.2) is 24.5 Å². The van der Waals surface area contributed by atoms with Crippen LogP contribution in [0.25, 0.3) is 5.65 Å². The molecule has 0 saturated carbocycles. The molecular weight excluding hydrogens is 384 g/mol. The summed E-state index contributed by atoms with van der Waals surface area (Å²) < 4.78 is 3.05. The van der Waals surface area contributed by atoms with Gasteiger partial charge in [0.2, 0.25) is 5.95 Å². The Morgan fingerprint density at radius 2 is 1.77 bits per heavy atom. The number of amides is 2. The van der Waals surface area contributed by atoms with Crippen LogP contribution in [-0.4, -0.2) is 67.3 Å². The van der Waals surface area contributed by atoms with Crippen LogP contribution in [0.2, 0.25) is 0 Å². The van der Waals surface area contributed by atoms with Gasteiger partial charge in [-0.25, -0.2) is 4.52 Å². The van der Waals surface area contributed by atoms with Crippen molar-refractivity contribution in [2.24, 2.45) is 7.05 Å². The van der Waals surface area contributed by atoms with Gasteiger partial charge in [0.15, 0.2) is 5.65 Å². The quantitative estimate of drug-likeness (QED) is 0.608. The molecule has 30 heavy (non-hydrogen) atoms. The number of hydrogen-bond donors (Lipinski definition) is 1. The molecule has 10 nitrogen and oxygen atoms in total. The summed E-state index contributed by atoms with van der Waals surface area (Å²) in [6.07, 6.45) is 3.14. The number of rotatable bonds is 8. The number of aryl methyl sites for hydroxylation is 1. The van der Waals surface area contributed by atoms with E-state index in [1.165, 1.54) is 10.9 Å². The summed E-state index contributed by atoms with van der Waals surface area (Å²) in [5, 5.41) is 11.5. The van der Waals surface area contributed by atoms with Gasteiger partial charge in [0, 0.05) is 33.2 Å². The summed E-state index contributed by atoms with van der Waals surface area (Å²) in [6.45, 7) is 10.6. The standard InChI is InChI=1S/C20H28N8O2/c1-6-26(7-2)19(30)15-12-21-25(5)17(15)18(29)22-14-10-11-16-23-20(24-28(16)13-14)27(8-3)9-4/h10-13H,6-9H2,1-5H3,(H,22,29). The van der Waals surface area contributed by atoms with Gasteiger partial charge in [0.25, 0.3) is 11.8 Å². The Hall–Kier alpha value is -3.43. The number of nitrogens with one attached hydrogen (secondary N) is 1. The molecule has 2 amide bonds. The van der Waals surface area contributed by atoms with Crippen molar-refractivity contribution < 1.29 is 9.59 Å². The lowest BCUT2D eigenvalue weighted by Crippen LogP contribution is -2.32. The van der Waals surface area contributed by atoms with E-state index in [2.05, 4.69) is 20.5 Å². The molecule has 0 aromatic carbocycles. The first kappa shape index (κ1) is 21.3. The SMILES string of the molecule is CCN(CC)C(=O)c1cnn(C)c1C(=O)Nc1ccc2nc(N(CC)CC)nn2c1. The van der Waals surface area contributed by atoms with Gasteiger partial charge < -0.3 is 15.1 Å². The summed E-state index contributed by atoms with van der Waals surface area (Å²) in [7, 11) is 1.64. The molecule has 3 heterocycles. The van der Waals surface area contributed by atoms with Crippen LogP contribution in [0.1, 0.15) is 48.5 Å². The summed E-state index contributed by atoms with van der Waals surface area (Å²) in [5.41, 5.74) is 1.73. The molecule has 0 aliphatic rings. The first-order valence-corrected chi connectivity index (χ1v) is 10.2. The van der Waals surface area contributed by atoms with E-state index >= 15 is 0 Å². The van der Waals surface area contributed by atoms with Gasteiger partial charge in [-0.05, 0) is 39.8 Å². The Labute approximate surface area is 175 Å². The number of aromatic nitrogens is 5. The number of anilines is 2. The minimum absolute atomic E-state index is 0.214. The smallest absolute Gasteiger partial charge is 0.274 e. The molecule has 3 aromatic heterocycles. The third-order valence-corrected chi connectivity index (χ3v) is 5.06. The average molecular weight is 412 g/mol. The van der Waals surface area contributed by atoms with Gasteiger partial charge in [0.05, 0.1) is 23.6 Å². The highest BCUT2D eigenvalue weighted by molar-refractivity contribution is 6.11. The van der Waals surface area contributed by atoms with E-state index in [-0.39, 0.29) is 17.2 Å². The molecule has 0 unspecified atom stereocenters. The number of fused-ring (bicyclic) bond motifs is 1. The number of carbonyl (C=O) groups excluding carboxylic acids is 2. The lowest BCUT2D eigenvalue weighted by Gasteiger charge is -2.18. The topological polar surface area (TPSA) is 101 Å². The molecule has 10 heteroatoms. The van der Waals surface area contributed by atoms with E-state index in [4.69, 9.17) is 0 Å². The van der Waals surface area contributed by atoms with Gasteiger partial charge in [-0.15, -0.1) is 5.10 Å². The molecule has 160 valence electrons. The van der Waals surface area contributed by atoms with Crippen molar-refractivity contribution in [2.45, 2.75) is 27.7 Å². The molecule has 1 N–H and O–H groups in total. The monoisotopic (exact) mass is 412 g/mol. The van der Waals surface area contributed by atoms with Crippen molar-refractivity contribution in [3.8, 4) is 0 Å². The van der Waals surface area contributed by atoms with Gasteiger partial charge in [0.1, 0.15) is 5.69 Å². The number of nitrogens with zero attached hydrogens (tertiary/aromatic N) is 7. The molecule has 0 radical (unpaired) electrons. The molecule has 0 aliphatic heterocycles. The Bertz CT molecular complexity index is 1050. The van der Waals surface area contributed by atoms with E-state index in [1.807, 2.05) is 32.6 Å². The largest absolute Gasteiger partial charge is 0.340 e. The first-order valence-electron chi connectivity index (χ1n) is 10.2. The van der Waals surface area contributed by atoms with Crippen LogP contribution in [0.4, 0.5) is 11.6 Å². The zero-order chi connectivity index (χ0) is 21.8. The zero-order valence-corrected chi connectivity index (χ0v) is 18.1. The fourth-order valence-corrected chi connectivity index (χ4v) is 3.32. The fourth-order valence-electron chi connectivity index (χ4n) is 3.32. The van der Waals surface area contributed by atoms with E-state index in [0.717, 1.165) is 13.1 Å². The molecule has 0 fully saturated rings. The van der Waals surface area contributed by atoms with E-state index in [0.29, 0.717) is 30.4 Å². The van der Waals surface area contributed by atoms with Crippen molar-refractivity contribution in [3.63, 3.8) is 0 Å². The fraction of sp³-hybridized carbons (Fsp3) is 0.450. The van der Waals surface area contributed by atoms with Gasteiger partial charge in [-0.2, -0.15) is 10.1 Å². The molecule has 3 rings (SSSR count). The van der Waals surface area contributed by atoms with Crippen molar-refractivity contribution in [3.05, 3.63) is 35.8 Å². The molecular formula is C20H28N8O2. The van der Waals surface area contributed by atoms with Gasteiger partial charge >= 0.3 is 0 Å². The highest BCUT2D eigenvalue weighted by Crippen LogP contribution is 2.17. The minimum Gasteiger partial charge on any atom is -0.340 e. The van der Waals surface area contributed by atoms with Crippen LogP contribution in [0.3, 0.4) is 0 Å². The van der Waals surface area contributed by atoms with E-state index in [1.54, 1.807) is 34.8 Å². The third-order valence-electron chi connectivity index (χ3n) is 5.06. The van der Waals surface area contributed by atoms with Crippen molar-refractivity contribution in [2.75, 3.05) is 36.4 Å². The number of carbonyl (C=O) groups is 2. The maximum absolute atomic E-state index is 13.0. The van der Waals surface area contributed by atoms with Crippen LogP contribution >= 0.6 is 0 Å². The number of hydrogen-bond acceptors (Lipinski definition) is 6. The molecule has 0 atom stereocenters. The molecule has 3 aromatic rings. The summed E-state index contributed by atoms with van der Waals surface area (Å²) >= 11 is 0. The lowest BCUT2D eigenvalue weighted by atomic mass is 10.2. The maximum Gasteiger partial charge on any atom is 0.274 e. The molecule has 0 spiro atoms. The molecule has 0 saturated heterocycles. The summed E-state index contributed by atoms with van der Waals surface area (Å²) in [6, 6.07) is 3.55. The van der Waals surface area contributed by atoms with Gasteiger partial charge in [-0.3, -0.25) is 14.3 Å². The maximum atomic E-state index is 13.0. The highest BCUT2D eigenvalue weighted by Gasteiger charge is 2.25. The predicted octanol–water partition coefficient (Wildman–Crippen LogP) is 2.04. The molecule has 0 aliphatic carbocycles. The Kier molecular flexibility index (Phi) is 6.34. The van der Waals surface area contributed by atoms with Gasteiger partial charge in [-0.1, -0.05) is 0 Å². The van der Waals surface area contributed by atoms with Crippen LogP contribution in [-0.2, 0) is 7.05 Å². The summed E-state index contributed by atoms with van der Waals surface area (Å²) in [5.74, 6) is 0.0185. The van der Waals surface area contributed by atoms with Crippen molar-refractivity contribution >= 4 is 29.1 Å². The minimum atomic E-state index is -0.408. The third kappa shape index (κ3) is 3.98. The number of pyridine rings is 1. The normalized spacial score (nSPS) is 11.0. The Morgan fingerprint density at radius 3 is 2.40 bits per heavy atom.